The molecule has 0 saturated carbocycles. The molecule has 0 aromatic carbocycles. The van der Waals surface area contributed by atoms with Gasteiger partial charge in [-0.25, -0.2) is 0 Å². The Morgan fingerprint density at radius 3 is 2.71 bits per heavy atom. The van der Waals surface area contributed by atoms with E-state index >= 15 is 0 Å². The molecule has 0 bridgehead atoms. The van der Waals surface area contributed by atoms with Gasteiger partial charge in [0.2, 0.25) is 11.8 Å². The number of hydrogen-bond donors (Lipinski definition) is 1. The number of amides is 2. The fourth-order valence-corrected chi connectivity index (χ4v) is 1.76. The van der Waals surface area contributed by atoms with Gasteiger partial charge in [0.05, 0.1) is 13.5 Å². The van der Waals surface area contributed by atoms with E-state index in [1.165, 1.54) is 7.11 Å². The van der Waals surface area contributed by atoms with E-state index in [2.05, 4.69) is 10.1 Å². The normalized spacial score (nSPS) is 19.3. The summed E-state index contributed by atoms with van der Waals surface area (Å²) in [7, 11) is 3.04. The summed E-state index contributed by atoms with van der Waals surface area (Å²) < 4.78 is 4.44. The van der Waals surface area contributed by atoms with Gasteiger partial charge in [-0.2, -0.15) is 0 Å². The van der Waals surface area contributed by atoms with E-state index in [4.69, 9.17) is 0 Å². The van der Waals surface area contributed by atoms with Crippen LogP contribution in [0.1, 0.15) is 19.3 Å². The summed E-state index contributed by atoms with van der Waals surface area (Å²) in [4.78, 5) is 35.1. The number of likely N-dealkylation sites (tertiary alicyclic amines) is 1. The molecule has 1 unspecified atom stereocenters. The van der Waals surface area contributed by atoms with Crippen LogP contribution in [0.15, 0.2) is 0 Å². The topological polar surface area (TPSA) is 75.7 Å². The van der Waals surface area contributed by atoms with Gasteiger partial charge in [-0.15, -0.1) is 0 Å². The van der Waals surface area contributed by atoms with Crippen LogP contribution in [0.3, 0.4) is 0 Å². The summed E-state index contributed by atoms with van der Waals surface area (Å²) in [6, 6.07) is 0. The molecule has 2 amide bonds. The lowest BCUT2D eigenvalue weighted by atomic mass is 10.1. The van der Waals surface area contributed by atoms with Crippen molar-refractivity contribution in [3.63, 3.8) is 0 Å². The minimum Gasteiger partial charge on any atom is -0.469 e. The molecule has 0 aromatic rings. The molecule has 17 heavy (non-hydrogen) atoms. The molecule has 6 nitrogen and oxygen atoms in total. The standard InChI is InChI=1S/C11H18N2O4/c1-13-7-8(5-10(13)15)6-12-9(14)3-4-11(16)17-2/h8H,3-7H2,1-2H3,(H,12,14). The van der Waals surface area contributed by atoms with Gasteiger partial charge in [0, 0.05) is 38.9 Å². The van der Waals surface area contributed by atoms with Crippen molar-refractivity contribution >= 4 is 17.8 Å². The Morgan fingerprint density at radius 2 is 2.18 bits per heavy atom. The van der Waals surface area contributed by atoms with E-state index in [-0.39, 0.29) is 30.6 Å². The van der Waals surface area contributed by atoms with Crippen molar-refractivity contribution in [1.29, 1.82) is 0 Å². The molecule has 1 heterocycles. The Kier molecular flexibility index (Phi) is 4.93. The van der Waals surface area contributed by atoms with Crippen LogP contribution in [0.5, 0.6) is 0 Å². The zero-order valence-electron chi connectivity index (χ0n) is 10.2. The first-order valence-electron chi connectivity index (χ1n) is 5.60. The van der Waals surface area contributed by atoms with Crippen LogP contribution in [-0.4, -0.2) is 49.9 Å². The van der Waals surface area contributed by atoms with Gasteiger partial charge in [-0.3, -0.25) is 14.4 Å². The maximum Gasteiger partial charge on any atom is 0.306 e. The number of carbonyl (C=O) groups excluding carboxylic acids is 3. The van der Waals surface area contributed by atoms with Gasteiger partial charge >= 0.3 is 5.97 Å². The van der Waals surface area contributed by atoms with Crippen molar-refractivity contribution in [3.8, 4) is 0 Å². The maximum absolute atomic E-state index is 11.4. The van der Waals surface area contributed by atoms with E-state index < -0.39 is 5.97 Å². The highest BCUT2D eigenvalue weighted by molar-refractivity contribution is 5.81. The second kappa shape index (κ2) is 6.22. The summed E-state index contributed by atoms with van der Waals surface area (Å²) in [5.74, 6) is -0.290. The smallest absolute Gasteiger partial charge is 0.306 e. The Hall–Kier alpha value is -1.59. The Balaban J connectivity index is 2.16. The van der Waals surface area contributed by atoms with Crippen molar-refractivity contribution in [2.45, 2.75) is 19.3 Å². The summed E-state index contributed by atoms with van der Waals surface area (Å²) in [5.41, 5.74) is 0. The monoisotopic (exact) mass is 242 g/mol. The molecule has 0 spiro atoms. The molecule has 1 N–H and O–H groups in total. The third kappa shape index (κ3) is 4.42. The van der Waals surface area contributed by atoms with E-state index in [0.29, 0.717) is 19.5 Å². The fourth-order valence-electron chi connectivity index (χ4n) is 1.76. The van der Waals surface area contributed by atoms with Gasteiger partial charge in [0.15, 0.2) is 0 Å². The third-order valence-electron chi connectivity index (χ3n) is 2.79. The van der Waals surface area contributed by atoms with Gasteiger partial charge in [0.25, 0.3) is 0 Å². The average molecular weight is 242 g/mol. The fraction of sp³-hybridized carbons (Fsp3) is 0.727. The van der Waals surface area contributed by atoms with Crippen LogP contribution in [0.4, 0.5) is 0 Å². The summed E-state index contributed by atoms with van der Waals surface area (Å²) in [5, 5.41) is 2.72. The Labute approximate surface area is 100 Å². The molecule has 0 aromatic heterocycles. The lowest BCUT2D eigenvalue weighted by Crippen LogP contribution is -2.30. The first kappa shape index (κ1) is 13.5. The Bertz CT molecular complexity index is 317. The molecule has 1 atom stereocenters. The molecule has 6 heteroatoms. The zero-order chi connectivity index (χ0) is 12.8. The largest absolute Gasteiger partial charge is 0.469 e. The van der Waals surface area contributed by atoms with Crippen molar-refractivity contribution < 1.29 is 19.1 Å². The van der Waals surface area contributed by atoms with Crippen LogP contribution in [-0.2, 0) is 19.1 Å². The molecule has 1 saturated heterocycles. The molecular weight excluding hydrogens is 224 g/mol. The molecule has 96 valence electrons. The van der Waals surface area contributed by atoms with Gasteiger partial charge in [-0.05, 0) is 0 Å². The predicted molar refractivity (Wildman–Crippen MR) is 60.0 cm³/mol. The molecular formula is C11H18N2O4. The number of methoxy groups -OCH3 is 1. The first-order chi connectivity index (χ1) is 8.02. The molecule has 0 radical (unpaired) electrons. The first-order valence-corrected chi connectivity index (χ1v) is 5.60. The number of hydrogen-bond acceptors (Lipinski definition) is 4. The second-order valence-electron chi connectivity index (χ2n) is 4.22. The Morgan fingerprint density at radius 1 is 1.47 bits per heavy atom. The van der Waals surface area contributed by atoms with Gasteiger partial charge in [0.1, 0.15) is 0 Å². The summed E-state index contributed by atoms with van der Waals surface area (Å²) in [6.07, 6.45) is 0.697. The van der Waals surface area contributed by atoms with Crippen LogP contribution in [0, 0.1) is 5.92 Å². The average Bonchev–Trinajstić information content (AvgIpc) is 2.63. The van der Waals surface area contributed by atoms with Gasteiger partial charge < -0.3 is 15.0 Å². The molecule has 1 aliphatic rings. The summed E-state index contributed by atoms with van der Waals surface area (Å²) >= 11 is 0. The van der Waals surface area contributed by atoms with Crippen molar-refractivity contribution in [1.82, 2.24) is 10.2 Å². The van der Waals surface area contributed by atoms with Crippen molar-refractivity contribution in [2.24, 2.45) is 5.92 Å². The zero-order valence-corrected chi connectivity index (χ0v) is 10.2. The van der Waals surface area contributed by atoms with Crippen LogP contribution >= 0.6 is 0 Å². The molecule has 0 aliphatic carbocycles. The van der Waals surface area contributed by atoms with Crippen LogP contribution < -0.4 is 5.32 Å². The SMILES string of the molecule is COC(=O)CCC(=O)NCC1CC(=O)N(C)C1. The highest BCUT2D eigenvalue weighted by Gasteiger charge is 2.26. The predicted octanol–water partition coefficient (Wildman–Crippen LogP) is -0.466. The van der Waals surface area contributed by atoms with E-state index in [9.17, 15) is 14.4 Å². The highest BCUT2D eigenvalue weighted by atomic mass is 16.5. The van der Waals surface area contributed by atoms with Gasteiger partial charge in [-0.1, -0.05) is 0 Å². The van der Waals surface area contributed by atoms with Crippen LogP contribution in [0.2, 0.25) is 0 Å². The lowest BCUT2D eigenvalue weighted by Gasteiger charge is -2.11. The minimum absolute atomic E-state index is 0.0891. The third-order valence-corrected chi connectivity index (χ3v) is 2.79. The maximum atomic E-state index is 11.4. The number of ether oxygens (including phenoxy) is 1. The number of rotatable bonds is 5. The number of carbonyl (C=O) groups is 3. The number of esters is 1. The van der Waals surface area contributed by atoms with Crippen LogP contribution in [0.25, 0.3) is 0 Å². The molecule has 1 rings (SSSR count). The second-order valence-corrected chi connectivity index (χ2v) is 4.22. The number of nitrogens with one attached hydrogen (secondary N) is 1. The highest BCUT2D eigenvalue weighted by Crippen LogP contribution is 2.14. The van der Waals surface area contributed by atoms with E-state index in [0.717, 1.165) is 0 Å². The lowest BCUT2D eigenvalue weighted by molar-refractivity contribution is -0.142. The quantitative estimate of drug-likeness (QED) is 0.662. The molecule has 1 fully saturated rings. The van der Waals surface area contributed by atoms with E-state index in [1.54, 1.807) is 11.9 Å². The summed E-state index contributed by atoms with van der Waals surface area (Å²) in [6.45, 7) is 1.16. The van der Waals surface area contributed by atoms with E-state index in [1.807, 2.05) is 0 Å². The van der Waals surface area contributed by atoms with Crippen molar-refractivity contribution in [3.05, 3.63) is 0 Å². The minimum atomic E-state index is -0.393. The number of nitrogens with zero attached hydrogens (tertiary/aromatic N) is 1. The molecule has 1 aliphatic heterocycles. The van der Waals surface area contributed by atoms with Crippen molar-refractivity contribution in [2.75, 3.05) is 27.2 Å².